The van der Waals surface area contributed by atoms with Crippen LogP contribution < -0.4 is 4.90 Å². The molecular weight excluding hydrogens is 518 g/mol. The minimum atomic E-state index is -0.127. The van der Waals surface area contributed by atoms with Gasteiger partial charge in [0, 0.05) is 22.4 Å². The van der Waals surface area contributed by atoms with Gasteiger partial charge in [0.1, 0.15) is 0 Å². The topological polar surface area (TPSA) is 3.24 Å². The third-order valence-corrected chi connectivity index (χ3v) is 10.3. The summed E-state index contributed by atoms with van der Waals surface area (Å²) in [6, 6.07) is 51.3. The molecule has 0 saturated carbocycles. The van der Waals surface area contributed by atoms with Gasteiger partial charge in [-0.2, -0.15) is 0 Å². The van der Waals surface area contributed by atoms with Crippen molar-refractivity contribution < 1.29 is 0 Å². The summed E-state index contributed by atoms with van der Waals surface area (Å²) >= 11 is 0. The predicted molar refractivity (Wildman–Crippen MR) is 185 cm³/mol. The molecule has 0 atom stereocenters. The highest BCUT2D eigenvalue weighted by Crippen LogP contribution is 2.59. The molecule has 0 radical (unpaired) electrons. The van der Waals surface area contributed by atoms with E-state index in [-0.39, 0.29) is 10.8 Å². The lowest BCUT2D eigenvalue weighted by molar-refractivity contribution is 0.301. The lowest BCUT2D eigenvalue weighted by Crippen LogP contribution is -2.44. The zero-order valence-corrected chi connectivity index (χ0v) is 25.2. The van der Waals surface area contributed by atoms with Crippen molar-refractivity contribution in [2.75, 3.05) is 4.90 Å². The molecule has 1 heteroatoms. The summed E-state index contributed by atoms with van der Waals surface area (Å²) in [5.74, 6) is 0. The first-order valence-corrected chi connectivity index (χ1v) is 15.3. The number of hydrogen-bond donors (Lipinski definition) is 0. The van der Waals surface area contributed by atoms with Crippen LogP contribution in [0.3, 0.4) is 0 Å². The van der Waals surface area contributed by atoms with Gasteiger partial charge in [-0.25, -0.2) is 0 Å². The van der Waals surface area contributed by atoms with Crippen LogP contribution in [0.25, 0.3) is 43.4 Å². The lowest BCUT2D eigenvalue weighted by Gasteiger charge is -2.50. The predicted octanol–water partition coefficient (Wildman–Crippen LogP) is 11.9. The van der Waals surface area contributed by atoms with Gasteiger partial charge >= 0.3 is 0 Å². The Balaban J connectivity index is 1.52. The maximum Gasteiger partial charge on any atom is 0.0543 e. The summed E-state index contributed by atoms with van der Waals surface area (Å²) in [6.45, 7) is 9.78. The molecule has 0 fully saturated rings. The number of anilines is 3. The van der Waals surface area contributed by atoms with E-state index in [0.717, 1.165) is 11.4 Å². The molecule has 1 aliphatic carbocycles. The quantitative estimate of drug-likeness (QED) is 0.197. The van der Waals surface area contributed by atoms with E-state index in [4.69, 9.17) is 0 Å². The minimum Gasteiger partial charge on any atom is -0.310 e. The molecule has 0 N–H and O–H groups in total. The van der Waals surface area contributed by atoms with Gasteiger partial charge in [0.05, 0.1) is 5.69 Å². The molecular formula is C42H35N. The lowest BCUT2D eigenvalue weighted by atomic mass is 9.54. The monoisotopic (exact) mass is 553 g/mol. The fourth-order valence-corrected chi connectivity index (χ4v) is 7.53. The van der Waals surface area contributed by atoms with Crippen LogP contribution in [-0.2, 0) is 10.8 Å². The Bertz CT molecular complexity index is 2130. The van der Waals surface area contributed by atoms with Crippen LogP contribution in [0.15, 0.2) is 140 Å². The van der Waals surface area contributed by atoms with Crippen LogP contribution in [0.4, 0.5) is 17.1 Å². The zero-order chi connectivity index (χ0) is 29.3. The summed E-state index contributed by atoms with van der Waals surface area (Å²) in [5.41, 5.74) is 8.77. The third-order valence-electron chi connectivity index (χ3n) is 10.3. The molecule has 208 valence electrons. The molecule has 0 saturated heterocycles. The van der Waals surface area contributed by atoms with Crippen molar-refractivity contribution in [3.8, 4) is 11.1 Å². The van der Waals surface area contributed by atoms with Crippen molar-refractivity contribution in [3.63, 3.8) is 0 Å². The first-order chi connectivity index (χ1) is 20.9. The molecule has 7 aromatic rings. The molecule has 0 aliphatic heterocycles. The maximum atomic E-state index is 2.45. The van der Waals surface area contributed by atoms with Crippen LogP contribution >= 0.6 is 0 Å². The average molecular weight is 554 g/mol. The molecule has 0 unspecified atom stereocenters. The van der Waals surface area contributed by atoms with Crippen molar-refractivity contribution in [1.29, 1.82) is 0 Å². The van der Waals surface area contributed by atoms with Gasteiger partial charge < -0.3 is 4.90 Å². The number of benzene rings is 7. The number of nitrogens with zero attached hydrogens (tertiary/aromatic N) is 1. The molecule has 0 heterocycles. The second-order valence-corrected chi connectivity index (χ2v) is 13.0. The molecule has 0 spiro atoms. The van der Waals surface area contributed by atoms with E-state index in [2.05, 4.69) is 172 Å². The van der Waals surface area contributed by atoms with Gasteiger partial charge in [-0.3, -0.25) is 0 Å². The van der Waals surface area contributed by atoms with Crippen molar-refractivity contribution in [2.24, 2.45) is 0 Å². The Morgan fingerprint density at radius 2 is 1.05 bits per heavy atom. The number of hydrogen-bond acceptors (Lipinski definition) is 1. The smallest absolute Gasteiger partial charge is 0.0543 e. The zero-order valence-electron chi connectivity index (χ0n) is 25.2. The fourth-order valence-electron chi connectivity index (χ4n) is 7.53. The molecule has 1 aliphatic rings. The van der Waals surface area contributed by atoms with E-state index < -0.39 is 0 Å². The highest BCUT2D eigenvalue weighted by Gasteiger charge is 2.48. The maximum absolute atomic E-state index is 2.45. The first-order valence-electron chi connectivity index (χ1n) is 15.3. The van der Waals surface area contributed by atoms with E-state index >= 15 is 0 Å². The Morgan fingerprint density at radius 1 is 0.442 bits per heavy atom. The van der Waals surface area contributed by atoms with Gasteiger partial charge in [0.15, 0.2) is 0 Å². The van der Waals surface area contributed by atoms with E-state index in [1.165, 1.54) is 60.3 Å². The highest BCUT2D eigenvalue weighted by atomic mass is 15.1. The minimum absolute atomic E-state index is 0.127. The van der Waals surface area contributed by atoms with E-state index in [9.17, 15) is 0 Å². The molecule has 0 bridgehead atoms. The van der Waals surface area contributed by atoms with Gasteiger partial charge in [-0.05, 0) is 84.8 Å². The number of rotatable bonds is 3. The standard InChI is InChI=1S/C42H35N/c1-41(2)36-20-13-21-37(43(30-15-7-5-8-16-30)31-17-9-6-10-18-31)39(36)35-27-24-29-23-25-33-32-19-12-11-14-28(32)22-26-34(33)38(29)40(35)42(41,3)4/h5-27H,1-4H3. The summed E-state index contributed by atoms with van der Waals surface area (Å²) in [6.07, 6.45) is 0. The molecule has 8 rings (SSSR count). The van der Waals surface area contributed by atoms with Gasteiger partial charge in [0.25, 0.3) is 0 Å². The average Bonchev–Trinajstić information content (AvgIpc) is 3.04. The normalized spacial score (nSPS) is 14.9. The Morgan fingerprint density at radius 3 is 1.77 bits per heavy atom. The Hall–Kier alpha value is -4.88. The molecule has 0 amide bonds. The highest BCUT2D eigenvalue weighted by molar-refractivity contribution is 6.19. The SMILES string of the molecule is CC1(C)c2cccc(N(c3ccccc3)c3ccccc3)c2-c2ccc3ccc4c5ccccc5ccc4c3c2C1(C)C. The first kappa shape index (κ1) is 25.8. The van der Waals surface area contributed by atoms with Crippen LogP contribution in [0.5, 0.6) is 0 Å². The second kappa shape index (κ2) is 9.31. The molecule has 1 nitrogen and oxygen atoms in total. The van der Waals surface area contributed by atoms with E-state index in [1.807, 2.05) is 0 Å². The van der Waals surface area contributed by atoms with Crippen molar-refractivity contribution in [1.82, 2.24) is 0 Å². The largest absolute Gasteiger partial charge is 0.310 e. The van der Waals surface area contributed by atoms with Crippen LogP contribution in [0.1, 0.15) is 38.8 Å². The fraction of sp³-hybridized carbons (Fsp3) is 0.143. The molecule has 43 heavy (non-hydrogen) atoms. The summed E-state index contributed by atoms with van der Waals surface area (Å²) < 4.78 is 0. The Labute approximate surface area is 254 Å². The van der Waals surface area contributed by atoms with Crippen molar-refractivity contribution >= 4 is 49.4 Å². The van der Waals surface area contributed by atoms with E-state index in [1.54, 1.807) is 0 Å². The Kier molecular flexibility index (Phi) is 5.59. The number of fused-ring (bicyclic) bond motifs is 9. The van der Waals surface area contributed by atoms with Gasteiger partial charge in [-0.1, -0.05) is 137 Å². The van der Waals surface area contributed by atoms with Crippen LogP contribution in [-0.4, -0.2) is 0 Å². The number of para-hydroxylation sites is 2. The molecule has 7 aromatic carbocycles. The summed E-state index contributed by atoms with van der Waals surface area (Å²) in [4.78, 5) is 2.43. The van der Waals surface area contributed by atoms with E-state index in [0.29, 0.717) is 0 Å². The third kappa shape index (κ3) is 3.64. The van der Waals surface area contributed by atoms with Crippen molar-refractivity contribution in [2.45, 2.75) is 38.5 Å². The summed E-state index contributed by atoms with van der Waals surface area (Å²) in [5, 5.41) is 7.93. The second-order valence-electron chi connectivity index (χ2n) is 13.0. The van der Waals surface area contributed by atoms with Crippen molar-refractivity contribution in [3.05, 3.63) is 151 Å². The summed E-state index contributed by atoms with van der Waals surface area (Å²) in [7, 11) is 0. The van der Waals surface area contributed by atoms with Crippen LogP contribution in [0.2, 0.25) is 0 Å². The van der Waals surface area contributed by atoms with Crippen LogP contribution in [0, 0.1) is 0 Å². The molecule has 0 aromatic heterocycles. The van der Waals surface area contributed by atoms with Gasteiger partial charge in [0.2, 0.25) is 0 Å². The van der Waals surface area contributed by atoms with Gasteiger partial charge in [-0.15, -0.1) is 0 Å².